The van der Waals surface area contributed by atoms with Crippen LogP contribution in [0.15, 0.2) is 30.3 Å². The molecule has 37 heavy (non-hydrogen) atoms. The average Bonchev–Trinajstić information content (AvgIpc) is 2.90. The Labute approximate surface area is 221 Å². The molecule has 1 aliphatic heterocycles. The van der Waals surface area contributed by atoms with Crippen LogP contribution in [0.25, 0.3) is 0 Å². The van der Waals surface area contributed by atoms with Crippen LogP contribution >= 0.6 is 0 Å². The highest BCUT2D eigenvalue weighted by Gasteiger charge is 2.37. The second-order valence-electron chi connectivity index (χ2n) is 10.0. The number of Topliss-reactive ketones (excluding diaryl/α,β-unsaturated/α-hetero) is 2. The molecule has 0 unspecified atom stereocenters. The monoisotopic (exact) mass is 516 g/mol. The van der Waals surface area contributed by atoms with Gasteiger partial charge in [0.25, 0.3) is 0 Å². The predicted molar refractivity (Wildman–Crippen MR) is 142 cm³/mol. The van der Waals surface area contributed by atoms with Crippen LogP contribution in [-0.2, 0) is 25.8 Å². The second-order valence-corrected chi connectivity index (χ2v) is 10.0. The molecule has 206 valence electrons. The molecular formula is C28H44N4O5. The van der Waals surface area contributed by atoms with Gasteiger partial charge in [-0.05, 0) is 17.9 Å². The summed E-state index contributed by atoms with van der Waals surface area (Å²) in [6.07, 6.45) is 3.65. The Balaban J connectivity index is 2.07. The Morgan fingerprint density at radius 1 is 1.11 bits per heavy atom. The second kappa shape index (κ2) is 16.1. The van der Waals surface area contributed by atoms with E-state index in [9.17, 15) is 19.2 Å². The Morgan fingerprint density at radius 3 is 2.49 bits per heavy atom. The fraction of sp³-hybridized carbons (Fsp3) is 0.643. The highest BCUT2D eigenvalue weighted by atomic mass is 16.6. The number of unbranched alkanes of at least 4 members (excludes halogenated alkanes) is 2. The number of carbonyl (C=O) groups excluding carboxylic acids is 4. The van der Waals surface area contributed by atoms with Crippen molar-refractivity contribution in [2.45, 2.75) is 84.9 Å². The Hall–Kier alpha value is -2.78. The van der Waals surface area contributed by atoms with Gasteiger partial charge >= 0.3 is 6.03 Å². The molecule has 9 nitrogen and oxygen atoms in total. The molecule has 1 aromatic rings. The van der Waals surface area contributed by atoms with E-state index in [0.29, 0.717) is 32.5 Å². The first kappa shape index (κ1) is 30.4. The van der Waals surface area contributed by atoms with Crippen molar-refractivity contribution in [3.05, 3.63) is 35.9 Å². The third-order valence-electron chi connectivity index (χ3n) is 6.73. The molecule has 0 bridgehead atoms. The number of ketones is 2. The third kappa shape index (κ3) is 9.89. The molecule has 9 heteroatoms. The summed E-state index contributed by atoms with van der Waals surface area (Å²) < 4.78 is 0. The first-order chi connectivity index (χ1) is 17.8. The minimum atomic E-state index is -0.706. The van der Waals surface area contributed by atoms with Crippen molar-refractivity contribution in [2.75, 3.05) is 19.6 Å². The number of benzene rings is 1. The van der Waals surface area contributed by atoms with Crippen LogP contribution in [0.1, 0.15) is 71.8 Å². The summed E-state index contributed by atoms with van der Waals surface area (Å²) in [7, 11) is 0. The summed E-state index contributed by atoms with van der Waals surface area (Å²) in [4.78, 5) is 58.8. The van der Waals surface area contributed by atoms with E-state index in [0.717, 1.165) is 24.8 Å². The molecule has 3 N–H and O–H groups in total. The smallest absolute Gasteiger partial charge is 0.318 e. The third-order valence-corrected chi connectivity index (χ3v) is 6.73. The van der Waals surface area contributed by atoms with E-state index in [1.54, 1.807) is 6.92 Å². The Bertz CT molecular complexity index is 877. The first-order valence-electron chi connectivity index (χ1n) is 13.6. The number of nitrogens with zero attached hydrogens (tertiary/aromatic N) is 1. The average molecular weight is 517 g/mol. The molecule has 3 amide bonds. The van der Waals surface area contributed by atoms with Gasteiger partial charge in [-0.2, -0.15) is 0 Å². The molecule has 1 saturated heterocycles. The maximum atomic E-state index is 13.7. The van der Waals surface area contributed by atoms with E-state index >= 15 is 0 Å². The van der Waals surface area contributed by atoms with Crippen molar-refractivity contribution in [3.63, 3.8) is 0 Å². The van der Waals surface area contributed by atoms with Gasteiger partial charge in [0.05, 0.1) is 12.6 Å². The molecule has 1 aliphatic rings. The molecule has 0 radical (unpaired) electrons. The molecule has 1 aromatic carbocycles. The molecule has 0 aliphatic carbocycles. The normalized spacial score (nSPS) is 17.2. The number of hydrogen-bond donors (Lipinski definition) is 3. The summed E-state index contributed by atoms with van der Waals surface area (Å²) in [6, 6.07) is 7.77. The van der Waals surface area contributed by atoms with Crippen molar-refractivity contribution in [1.29, 1.82) is 0 Å². The van der Waals surface area contributed by atoms with E-state index in [-0.39, 0.29) is 36.4 Å². The maximum absolute atomic E-state index is 13.7. The lowest BCUT2D eigenvalue weighted by atomic mass is 9.88. The summed E-state index contributed by atoms with van der Waals surface area (Å²) >= 11 is 0. The number of urea groups is 1. The highest BCUT2D eigenvalue weighted by molar-refractivity contribution is 5.94. The molecule has 0 spiro atoms. The summed E-state index contributed by atoms with van der Waals surface area (Å²) in [5.74, 6) is -1.13. The number of nitrogens with one attached hydrogen (secondary N) is 3. The van der Waals surface area contributed by atoms with E-state index in [4.69, 9.17) is 4.84 Å². The zero-order chi connectivity index (χ0) is 27.2. The molecule has 0 saturated carbocycles. The molecular weight excluding hydrogens is 472 g/mol. The molecule has 2 rings (SSSR count). The minimum absolute atomic E-state index is 0.00770. The van der Waals surface area contributed by atoms with Crippen LogP contribution < -0.4 is 16.1 Å². The van der Waals surface area contributed by atoms with Crippen molar-refractivity contribution >= 4 is 23.5 Å². The van der Waals surface area contributed by atoms with Crippen molar-refractivity contribution in [3.8, 4) is 0 Å². The first-order valence-corrected chi connectivity index (χ1v) is 13.6. The van der Waals surface area contributed by atoms with Crippen LogP contribution in [0, 0.1) is 11.8 Å². The standard InChI is InChI=1S/C28H44N4O5/c1-5-7-9-14-22(17-25(34)31-37-19-21-12-10-8-11-13-21)27(35)23-18-29-15-16-32(23)28(36)30-26(20(3)4)24(33)6-2/h8,10-13,20,22-23,26,29H,5-7,9,14-19H2,1-4H3,(H,30,36)(H,31,34)/t22-,23+,26+/m1/s1. The van der Waals surface area contributed by atoms with Gasteiger partial charge in [0.15, 0.2) is 11.6 Å². The lowest BCUT2D eigenvalue weighted by molar-refractivity contribution is -0.139. The van der Waals surface area contributed by atoms with Gasteiger partial charge in [-0.3, -0.25) is 19.2 Å². The van der Waals surface area contributed by atoms with Gasteiger partial charge < -0.3 is 15.5 Å². The topological polar surface area (TPSA) is 117 Å². The van der Waals surface area contributed by atoms with Gasteiger partial charge in [-0.15, -0.1) is 0 Å². The number of carbonyl (C=O) groups is 4. The summed E-state index contributed by atoms with van der Waals surface area (Å²) in [5.41, 5.74) is 3.39. The molecule has 3 atom stereocenters. The van der Waals surface area contributed by atoms with Crippen LogP contribution in [0.4, 0.5) is 4.79 Å². The van der Waals surface area contributed by atoms with E-state index in [1.165, 1.54) is 4.90 Å². The summed E-state index contributed by atoms with van der Waals surface area (Å²) in [5, 5.41) is 6.06. The van der Waals surface area contributed by atoms with E-state index < -0.39 is 24.0 Å². The number of hydrogen-bond acceptors (Lipinski definition) is 6. The SMILES string of the molecule is CCCCC[C@H](CC(=O)NOCc1ccccc1)C(=O)[C@@H]1CNCCN1C(=O)N[C@H](C(=O)CC)C(C)C. The maximum Gasteiger partial charge on any atom is 0.318 e. The van der Waals surface area contributed by atoms with Gasteiger partial charge in [0.2, 0.25) is 5.91 Å². The predicted octanol–water partition coefficient (Wildman–Crippen LogP) is 3.38. The lowest BCUT2D eigenvalue weighted by Gasteiger charge is -2.38. The summed E-state index contributed by atoms with van der Waals surface area (Å²) in [6.45, 7) is 9.09. The minimum Gasteiger partial charge on any atom is -0.328 e. The number of rotatable bonds is 15. The van der Waals surface area contributed by atoms with Crippen LogP contribution in [-0.4, -0.2) is 60.1 Å². The largest absolute Gasteiger partial charge is 0.328 e. The fourth-order valence-corrected chi connectivity index (χ4v) is 4.55. The van der Waals surface area contributed by atoms with E-state index in [2.05, 4.69) is 23.0 Å². The fourth-order valence-electron chi connectivity index (χ4n) is 4.55. The molecule has 1 fully saturated rings. The lowest BCUT2D eigenvalue weighted by Crippen LogP contribution is -2.62. The molecule has 0 aromatic heterocycles. The van der Waals surface area contributed by atoms with Crippen molar-refractivity contribution in [1.82, 2.24) is 21.0 Å². The van der Waals surface area contributed by atoms with Crippen LogP contribution in [0.5, 0.6) is 0 Å². The highest BCUT2D eigenvalue weighted by Crippen LogP contribution is 2.21. The van der Waals surface area contributed by atoms with E-state index in [1.807, 2.05) is 44.2 Å². The van der Waals surface area contributed by atoms with Gasteiger partial charge in [0, 0.05) is 38.4 Å². The number of piperazine rings is 1. The van der Waals surface area contributed by atoms with Crippen molar-refractivity contribution in [2.24, 2.45) is 11.8 Å². The zero-order valence-corrected chi connectivity index (χ0v) is 22.8. The zero-order valence-electron chi connectivity index (χ0n) is 22.8. The van der Waals surface area contributed by atoms with Crippen LogP contribution in [0.3, 0.4) is 0 Å². The Kier molecular flexibility index (Phi) is 13.3. The van der Waals surface area contributed by atoms with Crippen molar-refractivity contribution < 1.29 is 24.0 Å². The number of hydroxylamine groups is 1. The van der Waals surface area contributed by atoms with Gasteiger partial charge in [-0.25, -0.2) is 10.3 Å². The van der Waals surface area contributed by atoms with Gasteiger partial charge in [0.1, 0.15) is 6.04 Å². The Morgan fingerprint density at radius 2 is 1.84 bits per heavy atom. The quantitative estimate of drug-likeness (QED) is 0.243. The van der Waals surface area contributed by atoms with Gasteiger partial charge in [-0.1, -0.05) is 77.3 Å². The van der Waals surface area contributed by atoms with Crippen LogP contribution in [0.2, 0.25) is 0 Å². The number of amides is 3. The molecule has 1 heterocycles.